The lowest BCUT2D eigenvalue weighted by atomic mass is 10.2. The van der Waals surface area contributed by atoms with Crippen molar-refractivity contribution in [3.63, 3.8) is 0 Å². The Bertz CT molecular complexity index is 963. The lowest BCUT2D eigenvalue weighted by Gasteiger charge is -2.21. The minimum atomic E-state index is 0.0211. The summed E-state index contributed by atoms with van der Waals surface area (Å²) in [6, 6.07) is 15.3. The van der Waals surface area contributed by atoms with Gasteiger partial charge in [-0.15, -0.1) is 5.10 Å². The van der Waals surface area contributed by atoms with Crippen molar-refractivity contribution in [3.8, 4) is 17.2 Å². The maximum atomic E-state index is 12.7. The number of carbonyl (C=O) groups excluding carboxylic acids is 1. The summed E-state index contributed by atoms with van der Waals surface area (Å²) < 4.78 is 12.4. The summed E-state index contributed by atoms with van der Waals surface area (Å²) in [6.45, 7) is 3.32. The van der Waals surface area contributed by atoms with Crippen molar-refractivity contribution in [2.24, 2.45) is 0 Å². The van der Waals surface area contributed by atoms with E-state index < -0.39 is 0 Å². The molecule has 0 aliphatic carbocycles. The van der Waals surface area contributed by atoms with Crippen molar-refractivity contribution < 1.29 is 14.3 Å². The number of amides is 1. The molecule has 0 N–H and O–H groups in total. The van der Waals surface area contributed by atoms with Crippen molar-refractivity contribution in [3.05, 3.63) is 54.1 Å². The molecule has 9 heteroatoms. The fourth-order valence-electron chi connectivity index (χ4n) is 2.85. The topological polar surface area (TPSA) is 82.4 Å². The van der Waals surface area contributed by atoms with Crippen LogP contribution in [0.25, 0.3) is 5.69 Å². The summed E-state index contributed by atoms with van der Waals surface area (Å²) in [7, 11) is 0. The van der Waals surface area contributed by atoms with E-state index >= 15 is 0 Å². The highest BCUT2D eigenvalue weighted by Gasteiger charge is 2.18. The van der Waals surface area contributed by atoms with Crippen molar-refractivity contribution in [1.29, 1.82) is 0 Å². The van der Waals surface area contributed by atoms with Gasteiger partial charge in [-0.25, -0.2) is 0 Å². The Balaban J connectivity index is 1.40. The Hall–Kier alpha value is -3.07. The second kappa shape index (κ2) is 8.30. The van der Waals surface area contributed by atoms with Gasteiger partial charge in [0.2, 0.25) is 17.9 Å². The second-order valence-electron chi connectivity index (χ2n) is 6.09. The Kier molecular flexibility index (Phi) is 5.43. The van der Waals surface area contributed by atoms with Crippen LogP contribution in [0.3, 0.4) is 0 Å². The molecule has 0 bridgehead atoms. The zero-order chi connectivity index (χ0) is 19.3. The maximum absolute atomic E-state index is 12.7. The van der Waals surface area contributed by atoms with E-state index in [1.807, 2.05) is 55.5 Å². The van der Waals surface area contributed by atoms with Crippen LogP contribution in [0.2, 0.25) is 0 Å². The first-order valence-electron chi connectivity index (χ1n) is 8.87. The van der Waals surface area contributed by atoms with E-state index in [-0.39, 0.29) is 18.5 Å². The van der Waals surface area contributed by atoms with Gasteiger partial charge >= 0.3 is 0 Å². The number of fused-ring (bicyclic) bond motifs is 1. The third kappa shape index (κ3) is 3.94. The minimum absolute atomic E-state index is 0.0211. The molecule has 0 saturated carbocycles. The molecule has 0 fully saturated rings. The van der Waals surface area contributed by atoms with Gasteiger partial charge in [0.05, 0.1) is 11.4 Å². The van der Waals surface area contributed by atoms with Crippen LogP contribution in [0.15, 0.2) is 53.7 Å². The van der Waals surface area contributed by atoms with Crippen LogP contribution < -0.4 is 9.47 Å². The number of para-hydroxylation sites is 1. The molecule has 0 atom stereocenters. The summed E-state index contributed by atoms with van der Waals surface area (Å²) in [5.41, 5.74) is 1.86. The molecular weight excluding hydrogens is 378 g/mol. The lowest BCUT2D eigenvalue weighted by molar-refractivity contribution is -0.128. The monoisotopic (exact) mass is 397 g/mol. The molecule has 2 aromatic carbocycles. The van der Waals surface area contributed by atoms with Crippen LogP contribution in [0.1, 0.15) is 12.5 Å². The summed E-state index contributed by atoms with van der Waals surface area (Å²) in [5.74, 6) is 1.73. The van der Waals surface area contributed by atoms with Gasteiger partial charge in [0, 0.05) is 13.1 Å². The zero-order valence-electron chi connectivity index (χ0n) is 15.3. The van der Waals surface area contributed by atoms with Gasteiger partial charge in [-0.1, -0.05) is 36.0 Å². The number of tetrazole rings is 1. The van der Waals surface area contributed by atoms with Crippen molar-refractivity contribution in [1.82, 2.24) is 25.1 Å². The highest BCUT2D eigenvalue weighted by molar-refractivity contribution is 7.99. The fourth-order valence-corrected chi connectivity index (χ4v) is 3.65. The van der Waals surface area contributed by atoms with Gasteiger partial charge in [-0.2, -0.15) is 4.68 Å². The van der Waals surface area contributed by atoms with E-state index in [0.29, 0.717) is 18.2 Å². The molecule has 1 aliphatic rings. The number of hydrogen-bond donors (Lipinski definition) is 0. The summed E-state index contributed by atoms with van der Waals surface area (Å²) >= 11 is 1.32. The molecule has 0 spiro atoms. The highest BCUT2D eigenvalue weighted by Crippen LogP contribution is 2.32. The van der Waals surface area contributed by atoms with E-state index in [1.54, 1.807) is 9.58 Å². The smallest absolute Gasteiger partial charge is 0.233 e. The number of carbonyl (C=O) groups is 1. The summed E-state index contributed by atoms with van der Waals surface area (Å²) in [6.07, 6.45) is 0. The zero-order valence-corrected chi connectivity index (χ0v) is 16.1. The molecule has 1 aromatic heterocycles. The molecule has 3 aromatic rings. The number of nitrogens with zero attached hydrogens (tertiary/aromatic N) is 5. The molecule has 144 valence electrons. The van der Waals surface area contributed by atoms with Gasteiger partial charge in [-0.05, 0) is 47.2 Å². The fraction of sp³-hybridized carbons (Fsp3) is 0.263. The van der Waals surface area contributed by atoms with Crippen LogP contribution in [0, 0.1) is 0 Å². The Labute approximate surface area is 166 Å². The van der Waals surface area contributed by atoms with E-state index in [4.69, 9.17) is 9.47 Å². The number of benzene rings is 2. The molecule has 1 amide bonds. The van der Waals surface area contributed by atoms with Crippen molar-refractivity contribution in [2.75, 3.05) is 19.1 Å². The Morgan fingerprint density at radius 2 is 2.00 bits per heavy atom. The molecule has 8 nitrogen and oxygen atoms in total. The van der Waals surface area contributed by atoms with Crippen LogP contribution >= 0.6 is 11.8 Å². The molecule has 0 radical (unpaired) electrons. The quantitative estimate of drug-likeness (QED) is 0.567. The maximum Gasteiger partial charge on any atom is 0.233 e. The van der Waals surface area contributed by atoms with E-state index in [9.17, 15) is 4.79 Å². The molecule has 1 aliphatic heterocycles. The predicted molar refractivity (Wildman–Crippen MR) is 104 cm³/mol. The van der Waals surface area contributed by atoms with Gasteiger partial charge in [-0.3, -0.25) is 4.79 Å². The van der Waals surface area contributed by atoms with E-state index in [1.165, 1.54) is 11.8 Å². The van der Waals surface area contributed by atoms with E-state index in [2.05, 4.69) is 15.5 Å². The van der Waals surface area contributed by atoms with Crippen molar-refractivity contribution in [2.45, 2.75) is 18.6 Å². The normalized spacial score (nSPS) is 12.2. The first kappa shape index (κ1) is 18.3. The third-order valence-corrected chi connectivity index (χ3v) is 5.22. The second-order valence-corrected chi connectivity index (χ2v) is 7.04. The molecule has 0 unspecified atom stereocenters. The SMILES string of the molecule is CCN(Cc1ccc2c(c1)OCO2)C(=O)CSc1nnnn1-c1ccccc1. The number of ether oxygens (including phenoxy) is 2. The van der Waals surface area contributed by atoms with Gasteiger partial charge < -0.3 is 14.4 Å². The minimum Gasteiger partial charge on any atom is -0.454 e. The molecule has 0 saturated heterocycles. The standard InChI is InChI=1S/C19H19N5O3S/c1-2-23(11-14-8-9-16-17(10-14)27-13-26-16)18(25)12-28-19-20-21-22-24(19)15-6-4-3-5-7-15/h3-10H,2,11-13H2,1H3. The summed E-state index contributed by atoms with van der Waals surface area (Å²) in [4.78, 5) is 14.5. The highest BCUT2D eigenvalue weighted by atomic mass is 32.2. The van der Waals surface area contributed by atoms with Crippen LogP contribution in [-0.4, -0.2) is 50.1 Å². The lowest BCUT2D eigenvalue weighted by Crippen LogP contribution is -2.31. The number of rotatable bonds is 7. The Morgan fingerprint density at radius 1 is 1.18 bits per heavy atom. The van der Waals surface area contributed by atoms with Crippen LogP contribution in [-0.2, 0) is 11.3 Å². The number of thioether (sulfide) groups is 1. The number of hydrogen-bond acceptors (Lipinski definition) is 7. The molecule has 4 rings (SSSR count). The van der Waals surface area contributed by atoms with Gasteiger partial charge in [0.1, 0.15) is 0 Å². The van der Waals surface area contributed by atoms with Crippen molar-refractivity contribution >= 4 is 17.7 Å². The third-order valence-electron chi connectivity index (χ3n) is 4.31. The van der Waals surface area contributed by atoms with Crippen LogP contribution in [0.5, 0.6) is 11.5 Å². The van der Waals surface area contributed by atoms with E-state index in [0.717, 1.165) is 22.7 Å². The average Bonchev–Trinajstić information content (AvgIpc) is 3.39. The van der Waals surface area contributed by atoms with Gasteiger partial charge in [0.15, 0.2) is 11.5 Å². The van der Waals surface area contributed by atoms with Gasteiger partial charge in [0.25, 0.3) is 0 Å². The number of aromatic nitrogens is 4. The largest absolute Gasteiger partial charge is 0.454 e. The predicted octanol–water partition coefficient (Wildman–Crippen LogP) is 2.53. The summed E-state index contributed by atoms with van der Waals surface area (Å²) in [5, 5.41) is 12.4. The molecule has 28 heavy (non-hydrogen) atoms. The first-order chi connectivity index (χ1) is 13.7. The average molecular weight is 397 g/mol. The Morgan fingerprint density at radius 3 is 2.82 bits per heavy atom. The molecular formula is C19H19N5O3S. The first-order valence-corrected chi connectivity index (χ1v) is 9.86. The molecule has 2 heterocycles. The van der Waals surface area contributed by atoms with Crippen LogP contribution in [0.4, 0.5) is 0 Å².